The number of phenols is 1. The highest BCUT2D eigenvalue weighted by Gasteiger charge is 2.28. The first-order valence-electron chi connectivity index (χ1n) is 10.9. The Kier molecular flexibility index (Phi) is 6.27. The van der Waals surface area contributed by atoms with Crippen LogP contribution >= 0.6 is 0 Å². The Bertz CT molecular complexity index is 1280. The lowest BCUT2D eigenvalue weighted by Crippen LogP contribution is -2.39. The molecular formula is C24H28N4O4S. The van der Waals surface area contributed by atoms with Gasteiger partial charge in [0.1, 0.15) is 11.4 Å². The van der Waals surface area contributed by atoms with E-state index in [1.165, 1.54) is 16.4 Å². The minimum absolute atomic E-state index is 0.0939. The number of H-pyrrole nitrogens is 1. The normalized spacial score (nSPS) is 17.1. The van der Waals surface area contributed by atoms with Crippen molar-refractivity contribution in [1.29, 1.82) is 0 Å². The molecule has 3 N–H and O–H groups in total. The molecule has 0 aliphatic carbocycles. The Morgan fingerprint density at radius 2 is 1.85 bits per heavy atom. The van der Waals surface area contributed by atoms with Crippen LogP contribution in [0.4, 0.5) is 5.69 Å². The van der Waals surface area contributed by atoms with E-state index in [2.05, 4.69) is 22.4 Å². The Hall–Kier alpha value is -3.17. The van der Waals surface area contributed by atoms with Crippen molar-refractivity contribution in [2.24, 2.45) is 5.92 Å². The van der Waals surface area contributed by atoms with Gasteiger partial charge in [0.15, 0.2) is 0 Å². The number of amides is 1. The van der Waals surface area contributed by atoms with E-state index in [4.69, 9.17) is 0 Å². The summed E-state index contributed by atoms with van der Waals surface area (Å²) in [6.07, 6.45) is 1.90. The summed E-state index contributed by atoms with van der Waals surface area (Å²) >= 11 is 0. The number of hydrogen-bond acceptors (Lipinski definition) is 5. The number of sulfonamides is 1. The second-order valence-corrected chi connectivity index (χ2v) is 10.6. The minimum atomic E-state index is -3.55. The third-order valence-electron chi connectivity index (χ3n) is 6.08. The molecule has 1 aliphatic heterocycles. The van der Waals surface area contributed by atoms with Crippen molar-refractivity contribution in [3.63, 3.8) is 0 Å². The molecule has 9 heteroatoms. The third kappa shape index (κ3) is 4.79. The third-order valence-corrected chi connectivity index (χ3v) is 7.96. The van der Waals surface area contributed by atoms with E-state index in [1.54, 1.807) is 24.3 Å². The molecule has 0 spiro atoms. The molecule has 0 bridgehead atoms. The van der Waals surface area contributed by atoms with Gasteiger partial charge in [-0.15, -0.1) is 0 Å². The molecule has 8 nitrogen and oxygen atoms in total. The van der Waals surface area contributed by atoms with E-state index in [0.29, 0.717) is 36.0 Å². The lowest BCUT2D eigenvalue weighted by molar-refractivity contribution is 0.102. The van der Waals surface area contributed by atoms with Gasteiger partial charge in [0.05, 0.1) is 10.6 Å². The number of phenolic OH excluding ortho intramolecular Hbond substituents is 1. The fourth-order valence-corrected chi connectivity index (χ4v) is 5.60. The number of hydrogen-bond donors (Lipinski definition) is 3. The summed E-state index contributed by atoms with van der Waals surface area (Å²) in [6, 6.07) is 11.2. The van der Waals surface area contributed by atoms with Gasteiger partial charge < -0.3 is 10.4 Å². The minimum Gasteiger partial charge on any atom is -0.507 e. The molecule has 0 radical (unpaired) electrons. The number of anilines is 1. The van der Waals surface area contributed by atoms with Crippen LogP contribution in [0.1, 0.15) is 41.4 Å². The fraction of sp³-hybridized carbons (Fsp3) is 0.333. The SMILES string of the molecule is Cc1cc(O)c(-c2cc(C(=O)Nc3ccc(S(=O)(=O)N4CCCC(C)C4)cc3)[nH]n2)cc1C. The molecule has 174 valence electrons. The molecule has 0 saturated carbocycles. The average molecular weight is 469 g/mol. The van der Waals surface area contributed by atoms with Crippen molar-refractivity contribution in [2.45, 2.75) is 38.5 Å². The average Bonchev–Trinajstić information content (AvgIpc) is 3.27. The van der Waals surface area contributed by atoms with Crippen LogP contribution in [0.15, 0.2) is 47.4 Å². The molecule has 33 heavy (non-hydrogen) atoms. The summed E-state index contributed by atoms with van der Waals surface area (Å²) in [4.78, 5) is 12.9. The van der Waals surface area contributed by atoms with Crippen LogP contribution in [0.25, 0.3) is 11.3 Å². The topological polar surface area (TPSA) is 115 Å². The first-order chi connectivity index (χ1) is 15.6. The van der Waals surface area contributed by atoms with Gasteiger partial charge in [-0.05, 0) is 86.2 Å². The van der Waals surface area contributed by atoms with Gasteiger partial charge in [0.2, 0.25) is 10.0 Å². The smallest absolute Gasteiger partial charge is 0.273 e. The number of benzene rings is 2. The van der Waals surface area contributed by atoms with Crippen LogP contribution in [0.5, 0.6) is 5.75 Å². The van der Waals surface area contributed by atoms with Crippen LogP contribution in [0, 0.1) is 19.8 Å². The summed E-state index contributed by atoms with van der Waals surface area (Å²) in [6.45, 7) is 6.96. The van der Waals surface area contributed by atoms with Crippen LogP contribution in [-0.4, -0.2) is 47.0 Å². The molecular weight excluding hydrogens is 440 g/mol. The number of rotatable bonds is 5. The highest BCUT2D eigenvalue weighted by Crippen LogP contribution is 2.31. The molecule has 1 atom stereocenters. The standard InChI is InChI=1S/C24H28N4O4S/c1-15-5-4-10-28(14-15)33(31,32)19-8-6-18(7-9-19)25-24(30)22-13-21(26-27-22)20-11-16(2)17(3)12-23(20)29/h6-9,11-13,15,29H,4-5,10,14H2,1-3H3,(H,25,30)(H,26,27). The summed E-state index contributed by atoms with van der Waals surface area (Å²) in [5.41, 5.74) is 3.65. The van der Waals surface area contributed by atoms with Crippen molar-refractivity contribution in [2.75, 3.05) is 18.4 Å². The predicted molar refractivity (Wildman–Crippen MR) is 127 cm³/mol. The fourth-order valence-electron chi connectivity index (χ4n) is 4.00. The number of carbonyl (C=O) groups excluding carboxylic acids is 1. The van der Waals surface area contributed by atoms with E-state index in [0.717, 1.165) is 24.0 Å². The van der Waals surface area contributed by atoms with E-state index in [9.17, 15) is 18.3 Å². The van der Waals surface area contributed by atoms with Crippen LogP contribution < -0.4 is 5.32 Å². The number of aryl methyl sites for hydroxylation is 2. The molecule has 2 heterocycles. The number of nitrogens with zero attached hydrogens (tertiary/aromatic N) is 2. The van der Waals surface area contributed by atoms with Crippen LogP contribution in [-0.2, 0) is 10.0 Å². The van der Waals surface area contributed by atoms with Gasteiger partial charge in [0, 0.05) is 24.3 Å². The lowest BCUT2D eigenvalue weighted by Gasteiger charge is -2.30. The summed E-state index contributed by atoms with van der Waals surface area (Å²) < 4.78 is 27.3. The highest BCUT2D eigenvalue weighted by atomic mass is 32.2. The summed E-state index contributed by atoms with van der Waals surface area (Å²) in [5, 5.41) is 19.8. The zero-order chi connectivity index (χ0) is 23.8. The van der Waals surface area contributed by atoms with Gasteiger partial charge in [-0.1, -0.05) is 6.92 Å². The van der Waals surface area contributed by atoms with Gasteiger partial charge >= 0.3 is 0 Å². The molecule has 2 aromatic carbocycles. The maximum atomic E-state index is 12.9. The Labute approximate surface area is 193 Å². The summed E-state index contributed by atoms with van der Waals surface area (Å²) in [7, 11) is -3.55. The molecule has 1 aliphatic rings. The molecule has 1 fully saturated rings. The van der Waals surface area contributed by atoms with E-state index >= 15 is 0 Å². The predicted octanol–water partition coefficient (Wildman–Crippen LogP) is 4.07. The van der Waals surface area contributed by atoms with Gasteiger partial charge in [-0.3, -0.25) is 9.89 Å². The number of aromatic hydroxyl groups is 1. The molecule has 1 saturated heterocycles. The molecule has 1 unspecified atom stereocenters. The molecule has 1 amide bonds. The van der Waals surface area contributed by atoms with Gasteiger partial charge in [-0.2, -0.15) is 9.40 Å². The molecule has 3 aromatic rings. The Balaban J connectivity index is 1.47. The largest absolute Gasteiger partial charge is 0.507 e. The zero-order valence-corrected chi connectivity index (χ0v) is 19.7. The second kappa shape index (κ2) is 8.99. The van der Waals surface area contributed by atoms with Crippen molar-refractivity contribution in [3.8, 4) is 17.0 Å². The van der Waals surface area contributed by atoms with Gasteiger partial charge in [-0.25, -0.2) is 8.42 Å². The maximum absolute atomic E-state index is 12.9. The lowest BCUT2D eigenvalue weighted by atomic mass is 10.0. The molecule has 1 aromatic heterocycles. The number of aromatic amines is 1. The van der Waals surface area contributed by atoms with Gasteiger partial charge in [0.25, 0.3) is 5.91 Å². The number of nitrogens with one attached hydrogen (secondary N) is 2. The first kappa shape index (κ1) is 23.0. The Morgan fingerprint density at radius 3 is 2.55 bits per heavy atom. The van der Waals surface area contributed by atoms with Crippen molar-refractivity contribution in [1.82, 2.24) is 14.5 Å². The van der Waals surface area contributed by atoms with Crippen LogP contribution in [0.3, 0.4) is 0 Å². The molecule has 4 rings (SSSR count). The van der Waals surface area contributed by atoms with Crippen molar-refractivity contribution >= 4 is 21.6 Å². The zero-order valence-electron chi connectivity index (χ0n) is 18.9. The van der Waals surface area contributed by atoms with E-state index < -0.39 is 15.9 Å². The monoisotopic (exact) mass is 468 g/mol. The van der Waals surface area contributed by atoms with E-state index in [-0.39, 0.29) is 16.3 Å². The quantitative estimate of drug-likeness (QED) is 0.522. The number of piperidine rings is 1. The Morgan fingerprint density at radius 1 is 1.15 bits per heavy atom. The number of aromatic nitrogens is 2. The van der Waals surface area contributed by atoms with E-state index in [1.807, 2.05) is 19.9 Å². The summed E-state index contributed by atoms with van der Waals surface area (Å²) in [5.74, 6) is 0.0195. The van der Waals surface area contributed by atoms with Crippen molar-refractivity contribution < 1.29 is 18.3 Å². The maximum Gasteiger partial charge on any atom is 0.273 e. The van der Waals surface area contributed by atoms with Crippen LogP contribution in [0.2, 0.25) is 0 Å². The number of carbonyl (C=O) groups is 1. The second-order valence-electron chi connectivity index (χ2n) is 8.71. The first-order valence-corrected chi connectivity index (χ1v) is 12.4. The highest BCUT2D eigenvalue weighted by molar-refractivity contribution is 7.89. The van der Waals surface area contributed by atoms with Crippen molar-refractivity contribution in [3.05, 3.63) is 59.3 Å².